The Balaban J connectivity index is 1.91. The molecule has 0 radical (unpaired) electrons. The molecular formula is C28H44N2O6. The zero-order chi connectivity index (χ0) is 26.3. The number of ether oxygens (including phenoxy) is 2. The Morgan fingerprint density at radius 3 is 2.64 bits per heavy atom. The summed E-state index contributed by atoms with van der Waals surface area (Å²) >= 11 is 0. The average Bonchev–Trinajstić information content (AvgIpc) is 3.42. The minimum Gasteiger partial charge on any atom is -0.465 e. The van der Waals surface area contributed by atoms with E-state index in [0.29, 0.717) is 51.9 Å². The van der Waals surface area contributed by atoms with Crippen LogP contribution in [0, 0.1) is 11.8 Å². The topological polar surface area (TPSA) is 96.4 Å². The largest absolute Gasteiger partial charge is 0.465 e. The Kier molecular flexibility index (Phi) is 9.75. The van der Waals surface area contributed by atoms with Crippen molar-refractivity contribution in [2.75, 3.05) is 32.8 Å². The number of allylic oxidation sites excluding steroid dienone is 1. The fraction of sp³-hybridized carbons (Fsp3) is 0.750. The Morgan fingerprint density at radius 2 is 1.97 bits per heavy atom. The third-order valence-corrected chi connectivity index (χ3v) is 8.06. The van der Waals surface area contributed by atoms with E-state index in [1.165, 1.54) is 0 Å². The van der Waals surface area contributed by atoms with Gasteiger partial charge in [-0.05, 0) is 58.3 Å². The van der Waals surface area contributed by atoms with Crippen LogP contribution in [0.25, 0.3) is 0 Å². The molecule has 2 unspecified atom stereocenters. The molecule has 202 valence electrons. The molecule has 5 atom stereocenters. The molecule has 2 amide bonds. The number of hydrogen-bond acceptors (Lipinski definition) is 6. The smallest absolute Gasteiger partial charge is 0.312 e. The van der Waals surface area contributed by atoms with Crippen LogP contribution >= 0.6 is 0 Å². The number of aliphatic hydroxyl groups is 1. The van der Waals surface area contributed by atoms with Crippen molar-refractivity contribution in [3.63, 3.8) is 0 Å². The quantitative estimate of drug-likeness (QED) is 0.197. The van der Waals surface area contributed by atoms with E-state index >= 15 is 0 Å². The molecule has 3 aliphatic rings. The van der Waals surface area contributed by atoms with E-state index in [0.717, 1.165) is 32.1 Å². The van der Waals surface area contributed by atoms with Gasteiger partial charge in [-0.15, -0.1) is 13.2 Å². The summed E-state index contributed by atoms with van der Waals surface area (Å²) in [5.41, 5.74) is -1.87. The highest BCUT2D eigenvalue weighted by molar-refractivity contribution is 5.98. The molecule has 1 spiro atoms. The van der Waals surface area contributed by atoms with Crippen molar-refractivity contribution in [3.8, 4) is 0 Å². The van der Waals surface area contributed by atoms with Gasteiger partial charge in [0.2, 0.25) is 11.8 Å². The van der Waals surface area contributed by atoms with Gasteiger partial charge in [-0.3, -0.25) is 14.4 Å². The first kappa shape index (κ1) is 28.4. The molecule has 3 saturated heterocycles. The first-order chi connectivity index (χ1) is 17.3. The number of unbranched alkanes of at least 4 members (excludes halogenated alkanes) is 4. The number of amides is 2. The zero-order valence-corrected chi connectivity index (χ0v) is 22.1. The first-order valence-electron chi connectivity index (χ1n) is 13.6. The van der Waals surface area contributed by atoms with E-state index < -0.39 is 35.0 Å². The van der Waals surface area contributed by atoms with Gasteiger partial charge in [0.1, 0.15) is 17.6 Å². The summed E-state index contributed by atoms with van der Waals surface area (Å²) in [5, 5.41) is 9.31. The number of likely N-dealkylation sites (tertiary alicyclic amines) is 1. The highest BCUT2D eigenvalue weighted by Gasteiger charge is 2.78. The van der Waals surface area contributed by atoms with E-state index in [1.807, 2.05) is 13.0 Å². The molecule has 0 aromatic heterocycles. The highest BCUT2D eigenvalue weighted by Crippen LogP contribution is 2.63. The fourth-order valence-corrected chi connectivity index (χ4v) is 6.32. The van der Waals surface area contributed by atoms with E-state index in [9.17, 15) is 19.5 Å². The number of carbonyl (C=O) groups excluding carboxylic acids is 3. The molecule has 3 rings (SSSR count). The van der Waals surface area contributed by atoms with Crippen LogP contribution in [0.5, 0.6) is 0 Å². The Hall–Kier alpha value is -2.19. The lowest BCUT2D eigenvalue weighted by Gasteiger charge is -2.36. The summed E-state index contributed by atoms with van der Waals surface area (Å²) in [6, 6.07) is -0.794. The second kappa shape index (κ2) is 12.4. The van der Waals surface area contributed by atoms with Crippen molar-refractivity contribution in [1.82, 2.24) is 9.80 Å². The molecule has 36 heavy (non-hydrogen) atoms. The van der Waals surface area contributed by atoms with Crippen LogP contribution in [0.15, 0.2) is 25.3 Å². The van der Waals surface area contributed by atoms with Crippen molar-refractivity contribution in [2.24, 2.45) is 11.8 Å². The third kappa shape index (κ3) is 5.25. The van der Waals surface area contributed by atoms with E-state index in [4.69, 9.17) is 9.47 Å². The molecule has 3 fully saturated rings. The molecule has 0 aromatic carbocycles. The number of aliphatic hydroxyl groups excluding tert-OH is 1. The zero-order valence-electron chi connectivity index (χ0n) is 22.1. The van der Waals surface area contributed by atoms with Gasteiger partial charge in [-0.1, -0.05) is 25.5 Å². The first-order valence-corrected chi connectivity index (χ1v) is 13.6. The predicted molar refractivity (Wildman–Crippen MR) is 137 cm³/mol. The summed E-state index contributed by atoms with van der Waals surface area (Å²) < 4.78 is 12.3. The normalized spacial score (nSPS) is 30.4. The Labute approximate surface area is 215 Å². The van der Waals surface area contributed by atoms with Gasteiger partial charge in [0.05, 0.1) is 18.1 Å². The van der Waals surface area contributed by atoms with Gasteiger partial charge in [-0.2, -0.15) is 0 Å². The monoisotopic (exact) mass is 504 g/mol. The maximum atomic E-state index is 14.0. The third-order valence-electron chi connectivity index (χ3n) is 8.06. The molecule has 1 N–H and O–H groups in total. The average molecular weight is 505 g/mol. The van der Waals surface area contributed by atoms with Crippen LogP contribution in [-0.4, -0.2) is 82.8 Å². The van der Waals surface area contributed by atoms with Gasteiger partial charge < -0.3 is 24.4 Å². The molecule has 0 aromatic rings. The Morgan fingerprint density at radius 1 is 1.19 bits per heavy atom. The number of rotatable bonds is 16. The molecule has 0 aliphatic carbocycles. The van der Waals surface area contributed by atoms with E-state index in [1.54, 1.807) is 15.9 Å². The number of carbonyl (C=O) groups is 3. The Bertz CT molecular complexity index is 831. The number of fused-ring (bicyclic) bond motifs is 1. The fourth-order valence-electron chi connectivity index (χ4n) is 6.32. The lowest BCUT2D eigenvalue weighted by molar-refractivity contribution is -0.160. The van der Waals surface area contributed by atoms with Crippen LogP contribution in [0.2, 0.25) is 0 Å². The number of hydrogen-bond donors (Lipinski definition) is 1. The van der Waals surface area contributed by atoms with Gasteiger partial charge in [0.25, 0.3) is 0 Å². The van der Waals surface area contributed by atoms with E-state index in [-0.39, 0.29) is 18.4 Å². The van der Waals surface area contributed by atoms with Gasteiger partial charge >= 0.3 is 5.97 Å². The molecule has 3 heterocycles. The lowest BCUT2D eigenvalue weighted by Crippen LogP contribution is -2.56. The summed E-state index contributed by atoms with van der Waals surface area (Å²) in [6.07, 6.45) is 10.0. The molecule has 3 aliphatic heterocycles. The SMILES string of the molecule is C=CCCCCOC(=O)[C@H]1[C@H]2C(=O)N(CCCCO)C(C(=O)N(CC=C)CCCC)C23CC[C@]1(C)O3. The van der Waals surface area contributed by atoms with Crippen molar-refractivity contribution in [1.29, 1.82) is 0 Å². The van der Waals surface area contributed by atoms with Crippen molar-refractivity contribution >= 4 is 17.8 Å². The van der Waals surface area contributed by atoms with Crippen molar-refractivity contribution < 1.29 is 29.0 Å². The van der Waals surface area contributed by atoms with Gasteiger partial charge in [0, 0.05) is 26.2 Å². The summed E-state index contributed by atoms with van der Waals surface area (Å²) in [6.45, 7) is 13.1. The standard InChI is InChI=1S/C28H44N2O6/c1-5-8-10-13-20-35-26(34)22-21-24(32)30(18-11-12-19-31)23(28(21)15-14-27(22,4)36-28)25(33)29(16-7-3)17-9-6-2/h5,7,21-23,31H,1,3,6,8-20H2,2,4H3/t21-,22+,23?,27-,28?/m0/s1. The number of nitrogens with zero attached hydrogens (tertiary/aromatic N) is 2. The number of esters is 1. The van der Waals surface area contributed by atoms with Crippen molar-refractivity contribution in [3.05, 3.63) is 25.3 Å². The van der Waals surface area contributed by atoms with E-state index in [2.05, 4.69) is 20.1 Å². The molecule has 8 heteroatoms. The van der Waals surface area contributed by atoms with Crippen LogP contribution < -0.4 is 0 Å². The van der Waals surface area contributed by atoms with Crippen LogP contribution in [0.1, 0.15) is 71.6 Å². The summed E-state index contributed by atoms with van der Waals surface area (Å²) in [4.78, 5) is 44.7. The lowest BCUT2D eigenvalue weighted by atomic mass is 9.66. The van der Waals surface area contributed by atoms with Gasteiger partial charge in [0.15, 0.2) is 0 Å². The second-order valence-corrected chi connectivity index (χ2v) is 10.6. The molecule has 8 nitrogen and oxygen atoms in total. The molecular weight excluding hydrogens is 460 g/mol. The maximum absolute atomic E-state index is 14.0. The highest BCUT2D eigenvalue weighted by atomic mass is 16.6. The maximum Gasteiger partial charge on any atom is 0.312 e. The van der Waals surface area contributed by atoms with Crippen LogP contribution in [0.4, 0.5) is 0 Å². The second-order valence-electron chi connectivity index (χ2n) is 10.6. The molecule has 0 saturated carbocycles. The summed E-state index contributed by atoms with van der Waals surface area (Å²) in [5.74, 6) is -2.24. The summed E-state index contributed by atoms with van der Waals surface area (Å²) in [7, 11) is 0. The van der Waals surface area contributed by atoms with Crippen LogP contribution in [0.3, 0.4) is 0 Å². The van der Waals surface area contributed by atoms with Crippen molar-refractivity contribution in [2.45, 2.75) is 88.9 Å². The minimum absolute atomic E-state index is 0.0175. The minimum atomic E-state index is -1.04. The molecule has 2 bridgehead atoms. The van der Waals surface area contributed by atoms with Gasteiger partial charge in [-0.25, -0.2) is 0 Å². The predicted octanol–water partition coefficient (Wildman–Crippen LogP) is 3.24. The van der Waals surface area contributed by atoms with Crippen LogP contribution in [-0.2, 0) is 23.9 Å².